The van der Waals surface area contributed by atoms with Crippen molar-refractivity contribution in [3.05, 3.63) is 23.8 Å². The maximum Gasteiger partial charge on any atom is 0.232 e. The highest BCUT2D eigenvalue weighted by Crippen LogP contribution is 2.22. The van der Waals surface area contributed by atoms with Crippen molar-refractivity contribution in [3.63, 3.8) is 0 Å². The molecule has 1 rings (SSSR count). The minimum atomic E-state index is -3.21. The number of benzene rings is 1. The fourth-order valence-electron chi connectivity index (χ4n) is 1.28. The summed E-state index contributed by atoms with van der Waals surface area (Å²) in [6, 6.07) is 5.23. The van der Waals surface area contributed by atoms with E-state index in [1.54, 1.807) is 25.1 Å². The van der Waals surface area contributed by atoms with Gasteiger partial charge in [-0.25, -0.2) is 8.42 Å². The first kappa shape index (κ1) is 12.8. The van der Waals surface area contributed by atoms with E-state index in [9.17, 15) is 8.42 Å². The lowest BCUT2D eigenvalue weighted by molar-refractivity contribution is 0.338. The fourth-order valence-corrected chi connectivity index (χ4v) is 1.91. The number of nitrogens with one attached hydrogen (secondary N) is 1. The van der Waals surface area contributed by atoms with Gasteiger partial charge in [0.2, 0.25) is 10.0 Å². The van der Waals surface area contributed by atoms with Gasteiger partial charge in [0.15, 0.2) is 0 Å². The number of sulfonamides is 1. The Morgan fingerprint density at radius 3 is 2.50 bits per heavy atom. The average Bonchev–Trinajstić information content (AvgIpc) is 2.22. The van der Waals surface area contributed by atoms with Crippen LogP contribution in [0.1, 0.15) is 19.4 Å². The molecule has 0 heterocycles. The van der Waals surface area contributed by atoms with Gasteiger partial charge >= 0.3 is 0 Å². The van der Waals surface area contributed by atoms with Crippen LogP contribution in [0.2, 0.25) is 0 Å². The summed E-state index contributed by atoms with van der Waals surface area (Å²) in [5, 5.41) is 0. The van der Waals surface area contributed by atoms with Gasteiger partial charge in [0.05, 0.1) is 12.4 Å². The van der Waals surface area contributed by atoms with Crippen LogP contribution in [0.4, 0.5) is 5.69 Å². The second-order valence-electron chi connectivity index (χ2n) is 3.42. The van der Waals surface area contributed by atoms with Crippen LogP contribution in [0.25, 0.3) is 0 Å². The van der Waals surface area contributed by atoms with Crippen molar-refractivity contribution in [2.24, 2.45) is 0 Å². The van der Waals surface area contributed by atoms with E-state index < -0.39 is 10.0 Å². The van der Waals surface area contributed by atoms with Gasteiger partial charge in [-0.2, -0.15) is 0 Å². The molecule has 0 atom stereocenters. The highest BCUT2D eigenvalue weighted by molar-refractivity contribution is 7.92. The predicted octanol–water partition coefficient (Wildman–Crippen LogP) is 2.16. The van der Waals surface area contributed by atoms with Gasteiger partial charge in [0.25, 0.3) is 0 Å². The van der Waals surface area contributed by atoms with E-state index in [2.05, 4.69) is 4.72 Å². The number of anilines is 1. The molecule has 4 nitrogen and oxygen atoms in total. The van der Waals surface area contributed by atoms with Crippen LogP contribution in [0.3, 0.4) is 0 Å². The number of hydrogen-bond acceptors (Lipinski definition) is 3. The summed E-state index contributed by atoms with van der Waals surface area (Å²) < 4.78 is 30.6. The maximum absolute atomic E-state index is 11.3. The average molecular weight is 243 g/mol. The van der Waals surface area contributed by atoms with Crippen molar-refractivity contribution < 1.29 is 13.2 Å². The maximum atomic E-state index is 11.3. The number of ether oxygens (including phenoxy) is 1. The van der Waals surface area contributed by atoms with E-state index in [1.165, 1.54) is 0 Å². The molecule has 0 aromatic heterocycles. The van der Waals surface area contributed by atoms with Crippen LogP contribution in [0.5, 0.6) is 5.75 Å². The van der Waals surface area contributed by atoms with Crippen molar-refractivity contribution >= 4 is 15.7 Å². The monoisotopic (exact) mass is 243 g/mol. The molecule has 0 spiro atoms. The van der Waals surface area contributed by atoms with Crippen molar-refractivity contribution in [1.82, 2.24) is 0 Å². The van der Waals surface area contributed by atoms with Crippen LogP contribution in [-0.4, -0.2) is 20.8 Å². The Balaban J connectivity index is 2.89. The Kier molecular flexibility index (Phi) is 4.18. The first-order valence-electron chi connectivity index (χ1n) is 5.22. The highest BCUT2D eigenvalue weighted by Gasteiger charge is 2.07. The predicted molar refractivity (Wildman–Crippen MR) is 65.4 cm³/mol. The molecule has 0 saturated heterocycles. The third-order valence-electron chi connectivity index (χ3n) is 2.13. The number of aryl methyl sites for hydroxylation is 1. The van der Waals surface area contributed by atoms with E-state index in [4.69, 9.17) is 4.74 Å². The summed E-state index contributed by atoms with van der Waals surface area (Å²) >= 11 is 0. The zero-order valence-corrected chi connectivity index (χ0v) is 10.6. The van der Waals surface area contributed by atoms with E-state index >= 15 is 0 Å². The lowest BCUT2D eigenvalue weighted by Crippen LogP contribution is -2.14. The van der Waals surface area contributed by atoms with Crippen molar-refractivity contribution in [2.45, 2.75) is 20.8 Å². The molecular formula is C11H17NO3S. The van der Waals surface area contributed by atoms with Gasteiger partial charge in [-0.05, 0) is 44.5 Å². The normalized spacial score (nSPS) is 11.2. The first-order valence-corrected chi connectivity index (χ1v) is 6.87. The minimum absolute atomic E-state index is 0.0687. The molecule has 90 valence electrons. The standard InChI is InChI=1S/C11H17NO3S/c1-4-15-11-7-6-10(8-9(11)3)12-16(13,14)5-2/h6-8,12H,4-5H2,1-3H3. The highest BCUT2D eigenvalue weighted by atomic mass is 32.2. The molecule has 0 amide bonds. The van der Waals surface area contributed by atoms with Gasteiger partial charge < -0.3 is 4.74 Å². The van der Waals surface area contributed by atoms with Gasteiger partial charge in [0.1, 0.15) is 5.75 Å². The van der Waals surface area contributed by atoms with Crippen molar-refractivity contribution in [3.8, 4) is 5.75 Å². The third kappa shape index (κ3) is 3.41. The molecule has 0 aliphatic carbocycles. The van der Waals surface area contributed by atoms with Gasteiger partial charge in [0, 0.05) is 5.69 Å². The number of hydrogen-bond donors (Lipinski definition) is 1. The molecule has 0 aliphatic heterocycles. The van der Waals surface area contributed by atoms with E-state index in [1.807, 2.05) is 13.8 Å². The second kappa shape index (κ2) is 5.21. The quantitative estimate of drug-likeness (QED) is 0.862. The molecule has 0 bridgehead atoms. The Labute approximate surface area is 96.7 Å². The molecule has 1 N–H and O–H groups in total. The van der Waals surface area contributed by atoms with Crippen LogP contribution in [0.15, 0.2) is 18.2 Å². The Morgan fingerprint density at radius 1 is 1.31 bits per heavy atom. The smallest absolute Gasteiger partial charge is 0.232 e. The Bertz CT molecular complexity index is 454. The lowest BCUT2D eigenvalue weighted by Gasteiger charge is -2.10. The zero-order chi connectivity index (χ0) is 12.2. The van der Waals surface area contributed by atoms with E-state index in [-0.39, 0.29) is 5.75 Å². The van der Waals surface area contributed by atoms with Crippen LogP contribution >= 0.6 is 0 Å². The Hall–Kier alpha value is -1.23. The largest absolute Gasteiger partial charge is 0.494 e. The van der Waals surface area contributed by atoms with Crippen molar-refractivity contribution in [2.75, 3.05) is 17.1 Å². The molecule has 0 aliphatic rings. The fraction of sp³-hybridized carbons (Fsp3) is 0.455. The molecular weight excluding hydrogens is 226 g/mol. The first-order chi connectivity index (χ1) is 7.48. The topological polar surface area (TPSA) is 55.4 Å². The molecule has 1 aromatic carbocycles. The molecule has 16 heavy (non-hydrogen) atoms. The van der Waals surface area contributed by atoms with Gasteiger partial charge in [-0.1, -0.05) is 0 Å². The Morgan fingerprint density at radius 2 is 2.00 bits per heavy atom. The van der Waals surface area contributed by atoms with Gasteiger partial charge in [-0.15, -0.1) is 0 Å². The summed E-state index contributed by atoms with van der Waals surface area (Å²) in [4.78, 5) is 0. The summed E-state index contributed by atoms with van der Waals surface area (Å²) in [6.45, 7) is 5.99. The van der Waals surface area contributed by atoms with Crippen molar-refractivity contribution in [1.29, 1.82) is 0 Å². The van der Waals surface area contributed by atoms with Crippen LogP contribution < -0.4 is 9.46 Å². The summed E-state index contributed by atoms with van der Waals surface area (Å²) in [5.74, 6) is 0.848. The van der Waals surface area contributed by atoms with E-state index in [0.29, 0.717) is 12.3 Å². The van der Waals surface area contributed by atoms with Crippen LogP contribution in [0, 0.1) is 6.92 Å². The number of rotatable bonds is 5. The molecule has 0 saturated carbocycles. The lowest BCUT2D eigenvalue weighted by atomic mass is 10.2. The molecule has 0 unspecified atom stereocenters. The summed E-state index contributed by atoms with van der Waals surface area (Å²) in [6.07, 6.45) is 0. The molecule has 0 fully saturated rings. The molecule has 1 aromatic rings. The third-order valence-corrected chi connectivity index (χ3v) is 3.43. The SMILES string of the molecule is CCOc1ccc(NS(=O)(=O)CC)cc1C. The molecule has 0 radical (unpaired) electrons. The van der Waals surface area contributed by atoms with E-state index in [0.717, 1.165) is 11.3 Å². The van der Waals surface area contributed by atoms with Gasteiger partial charge in [-0.3, -0.25) is 4.72 Å². The zero-order valence-electron chi connectivity index (χ0n) is 9.78. The molecule has 5 heteroatoms. The second-order valence-corrected chi connectivity index (χ2v) is 5.43. The summed E-state index contributed by atoms with van der Waals surface area (Å²) in [7, 11) is -3.21. The minimum Gasteiger partial charge on any atom is -0.494 e. The summed E-state index contributed by atoms with van der Waals surface area (Å²) in [5.41, 5.74) is 1.49. The van der Waals surface area contributed by atoms with Crippen LogP contribution in [-0.2, 0) is 10.0 Å².